The lowest BCUT2D eigenvalue weighted by molar-refractivity contribution is -0.114. The summed E-state index contributed by atoms with van der Waals surface area (Å²) >= 11 is 0. The van der Waals surface area contributed by atoms with Crippen LogP contribution in [0.5, 0.6) is 0 Å². The number of imidazole rings is 1. The molecule has 0 fully saturated rings. The van der Waals surface area contributed by atoms with Crippen molar-refractivity contribution in [3.8, 4) is 11.4 Å². The van der Waals surface area contributed by atoms with Crippen molar-refractivity contribution in [2.45, 2.75) is 20.4 Å². The molecule has 1 heterocycles. The number of methoxy groups -OCH3 is 1. The Morgan fingerprint density at radius 3 is 2.63 bits per heavy atom. The van der Waals surface area contributed by atoms with Gasteiger partial charge in [-0.15, -0.1) is 0 Å². The van der Waals surface area contributed by atoms with Gasteiger partial charge in [-0.3, -0.25) is 9.59 Å². The molecule has 8 heteroatoms. The van der Waals surface area contributed by atoms with Crippen LogP contribution in [0.15, 0.2) is 36.4 Å². The van der Waals surface area contributed by atoms with E-state index >= 15 is 0 Å². The standard InChI is InChI=1S/C22H25FN4O3/c1-5-27-20-18(24-14(2)28)12-15(22(29)26(3)10-11-30-4)13-19(20)25-21(27)16-8-6-7-9-17(16)23/h6-9,12-13H,5,10-11H2,1-4H3,(H,24,28). The van der Waals surface area contributed by atoms with E-state index in [0.29, 0.717) is 53.4 Å². The number of amides is 2. The van der Waals surface area contributed by atoms with Crippen LogP contribution in [0.4, 0.5) is 10.1 Å². The molecule has 2 amide bonds. The normalized spacial score (nSPS) is 11.0. The average molecular weight is 412 g/mol. The molecule has 1 N–H and O–H groups in total. The van der Waals surface area contributed by atoms with E-state index in [-0.39, 0.29) is 17.6 Å². The maximum atomic E-state index is 14.5. The Hall–Kier alpha value is -3.26. The van der Waals surface area contributed by atoms with E-state index in [2.05, 4.69) is 10.3 Å². The Labute approximate surface area is 174 Å². The van der Waals surface area contributed by atoms with Crippen LogP contribution in [0.1, 0.15) is 24.2 Å². The summed E-state index contributed by atoms with van der Waals surface area (Å²) in [7, 11) is 3.25. The van der Waals surface area contributed by atoms with Gasteiger partial charge in [-0.05, 0) is 31.2 Å². The van der Waals surface area contributed by atoms with Crippen LogP contribution in [0.25, 0.3) is 22.4 Å². The molecular formula is C22H25FN4O3. The third kappa shape index (κ3) is 4.18. The molecule has 0 radical (unpaired) electrons. The van der Waals surface area contributed by atoms with Gasteiger partial charge < -0.3 is 19.5 Å². The van der Waals surface area contributed by atoms with E-state index in [4.69, 9.17) is 4.74 Å². The van der Waals surface area contributed by atoms with Crippen LogP contribution in [0, 0.1) is 5.82 Å². The number of hydrogen-bond acceptors (Lipinski definition) is 4. The third-order valence-electron chi connectivity index (χ3n) is 4.81. The van der Waals surface area contributed by atoms with Crippen molar-refractivity contribution >= 4 is 28.5 Å². The molecular weight excluding hydrogens is 387 g/mol. The van der Waals surface area contributed by atoms with Gasteiger partial charge in [-0.2, -0.15) is 0 Å². The first-order valence-electron chi connectivity index (χ1n) is 9.68. The maximum Gasteiger partial charge on any atom is 0.253 e. The average Bonchev–Trinajstić information content (AvgIpc) is 3.09. The summed E-state index contributed by atoms with van der Waals surface area (Å²) < 4.78 is 21.3. The Bertz CT molecular complexity index is 1090. The Balaban J connectivity index is 2.21. The summed E-state index contributed by atoms with van der Waals surface area (Å²) in [6, 6.07) is 9.70. The van der Waals surface area contributed by atoms with Crippen LogP contribution in [0.2, 0.25) is 0 Å². The fraction of sp³-hybridized carbons (Fsp3) is 0.318. The molecule has 7 nitrogen and oxygen atoms in total. The monoisotopic (exact) mass is 412 g/mol. The zero-order chi connectivity index (χ0) is 21.8. The smallest absolute Gasteiger partial charge is 0.253 e. The van der Waals surface area contributed by atoms with Gasteiger partial charge in [-0.25, -0.2) is 9.37 Å². The number of rotatable bonds is 7. The minimum atomic E-state index is -0.390. The number of carbonyl (C=O) groups is 2. The summed E-state index contributed by atoms with van der Waals surface area (Å²) in [6.45, 7) is 4.65. The largest absolute Gasteiger partial charge is 0.383 e. The highest BCUT2D eigenvalue weighted by atomic mass is 19.1. The number of halogens is 1. The molecule has 0 spiro atoms. The first-order chi connectivity index (χ1) is 14.4. The van der Waals surface area contributed by atoms with E-state index < -0.39 is 0 Å². The summed E-state index contributed by atoms with van der Waals surface area (Å²) in [5, 5.41) is 2.79. The van der Waals surface area contributed by atoms with Crippen LogP contribution >= 0.6 is 0 Å². The molecule has 2 aromatic carbocycles. The molecule has 0 saturated heterocycles. The first kappa shape index (κ1) is 21.4. The highest BCUT2D eigenvalue weighted by Gasteiger charge is 2.21. The first-order valence-corrected chi connectivity index (χ1v) is 9.68. The summed E-state index contributed by atoms with van der Waals surface area (Å²) in [6.07, 6.45) is 0. The number of nitrogens with zero attached hydrogens (tertiary/aromatic N) is 3. The molecule has 0 atom stereocenters. The van der Waals surface area contributed by atoms with Crippen molar-refractivity contribution < 1.29 is 18.7 Å². The van der Waals surface area contributed by atoms with Crippen molar-refractivity contribution in [1.29, 1.82) is 0 Å². The van der Waals surface area contributed by atoms with Gasteiger partial charge in [-0.1, -0.05) is 12.1 Å². The van der Waals surface area contributed by atoms with Crippen LogP contribution in [-0.4, -0.2) is 53.6 Å². The molecule has 0 aliphatic rings. The third-order valence-corrected chi connectivity index (χ3v) is 4.81. The molecule has 30 heavy (non-hydrogen) atoms. The van der Waals surface area contributed by atoms with E-state index in [1.54, 1.807) is 44.5 Å². The van der Waals surface area contributed by atoms with Crippen molar-refractivity contribution in [3.63, 3.8) is 0 Å². The lowest BCUT2D eigenvalue weighted by Gasteiger charge is -2.18. The number of nitrogens with one attached hydrogen (secondary N) is 1. The molecule has 158 valence electrons. The topological polar surface area (TPSA) is 76.5 Å². The minimum absolute atomic E-state index is 0.223. The highest BCUT2D eigenvalue weighted by molar-refractivity contribution is 6.05. The number of carbonyl (C=O) groups excluding carboxylic acids is 2. The van der Waals surface area contributed by atoms with Crippen LogP contribution < -0.4 is 5.32 Å². The van der Waals surface area contributed by atoms with E-state index in [1.165, 1.54) is 17.9 Å². The summed E-state index contributed by atoms with van der Waals surface area (Å²) in [5.41, 5.74) is 2.34. The number of aromatic nitrogens is 2. The van der Waals surface area contributed by atoms with Crippen molar-refractivity contribution in [3.05, 3.63) is 47.8 Å². The second-order valence-electron chi connectivity index (χ2n) is 6.95. The second kappa shape index (κ2) is 9.04. The van der Waals surface area contributed by atoms with Gasteiger partial charge >= 0.3 is 0 Å². The molecule has 0 unspecified atom stereocenters. The predicted octanol–water partition coefficient (Wildman–Crippen LogP) is 3.54. The van der Waals surface area contributed by atoms with Gasteiger partial charge in [0.2, 0.25) is 5.91 Å². The molecule has 3 aromatic rings. The fourth-order valence-corrected chi connectivity index (χ4v) is 3.38. The quantitative estimate of drug-likeness (QED) is 0.644. The van der Waals surface area contributed by atoms with E-state index in [0.717, 1.165) is 0 Å². The van der Waals surface area contributed by atoms with Crippen LogP contribution in [0.3, 0.4) is 0 Å². The number of anilines is 1. The van der Waals surface area contributed by atoms with E-state index in [1.807, 2.05) is 11.5 Å². The SMILES string of the molecule is CCn1c(-c2ccccc2F)nc2cc(C(=O)N(C)CCOC)cc(NC(C)=O)c21. The number of aryl methyl sites for hydroxylation is 1. The Kier molecular flexibility index (Phi) is 6.47. The fourth-order valence-electron chi connectivity index (χ4n) is 3.38. The number of benzene rings is 2. The van der Waals surface area contributed by atoms with Gasteiger partial charge in [0, 0.05) is 39.7 Å². The van der Waals surface area contributed by atoms with Crippen molar-refractivity contribution in [2.75, 3.05) is 32.6 Å². The molecule has 0 saturated carbocycles. The number of likely N-dealkylation sites (N-methyl/N-ethyl adjacent to an activating group) is 1. The Morgan fingerprint density at radius 1 is 1.27 bits per heavy atom. The molecule has 0 aliphatic carbocycles. The second-order valence-corrected chi connectivity index (χ2v) is 6.95. The molecule has 1 aromatic heterocycles. The van der Waals surface area contributed by atoms with Gasteiger partial charge in [0.05, 0.1) is 28.9 Å². The van der Waals surface area contributed by atoms with Gasteiger partial charge in [0.15, 0.2) is 0 Å². The Morgan fingerprint density at radius 2 is 2.00 bits per heavy atom. The van der Waals surface area contributed by atoms with Crippen molar-refractivity contribution in [2.24, 2.45) is 0 Å². The maximum absolute atomic E-state index is 14.5. The minimum Gasteiger partial charge on any atom is -0.383 e. The summed E-state index contributed by atoms with van der Waals surface area (Å²) in [5.74, 6) is -0.447. The zero-order valence-electron chi connectivity index (χ0n) is 17.5. The number of hydrogen-bond donors (Lipinski definition) is 1. The predicted molar refractivity (Wildman–Crippen MR) is 114 cm³/mol. The van der Waals surface area contributed by atoms with Crippen LogP contribution in [-0.2, 0) is 16.1 Å². The number of ether oxygens (including phenoxy) is 1. The summed E-state index contributed by atoms with van der Waals surface area (Å²) in [4.78, 5) is 30.9. The molecule has 0 aliphatic heterocycles. The van der Waals surface area contributed by atoms with Gasteiger partial charge in [0.25, 0.3) is 5.91 Å². The van der Waals surface area contributed by atoms with E-state index in [9.17, 15) is 14.0 Å². The molecule has 0 bridgehead atoms. The molecule has 3 rings (SSSR count). The highest BCUT2D eigenvalue weighted by Crippen LogP contribution is 2.32. The zero-order valence-corrected chi connectivity index (χ0v) is 17.5. The lowest BCUT2D eigenvalue weighted by Crippen LogP contribution is -2.30. The van der Waals surface area contributed by atoms with Crippen molar-refractivity contribution in [1.82, 2.24) is 14.5 Å². The van der Waals surface area contributed by atoms with Gasteiger partial charge in [0.1, 0.15) is 11.6 Å². The lowest BCUT2D eigenvalue weighted by atomic mass is 10.1. The number of fused-ring (bicyclic) bond motifs is 1.